The highest BCUT2D eigenvalue weighted by Gasteiger charge is 2.19. The molecule has 0 aliphatic rings. The number of oxazole rings is 1. The van der Waals surface area contributed by atoms with Gasteiger partial charge in [0.1, 0.15) is 11.5 Å². The molecule has 2 heterocycles. The van der Waals surface area contributed by atoms with Gasteiger partial charge in [0.2, 0.25) is 5.89 Å². The minimum absolute atomic E-state index is 0.0278. The van der Waals surface area contributed by atoms with Gasteiger partial charge in [-0.1, -0.05) is 60.7 Å². The number of carboxylic acid groups (broad SMARTS) is 1. The summed E-state index contributed by atoms with van der Waals surface area (Å²) in [5.41, 5.74) is 5.27. The molecule has 7 heteroatoms. The number of benzene rings is 3. The van der Waals surface area contributed by atoms with E-state index in [1.165, 1.54) is 10.4 Å². The molecular formula is C29H26N4O3. The van der Waals surface area contributed by atoms with E-state index >= 15 is 0 Å². The Morgan fingerprint density at radius 3 is 2.33 bits per heavy atom. The average molecular weight is 479 g/mol. The quantitative estimate of drug-likeness (QED) is 0.292. The summed E-state index contributed by atoms with van der Waals surface area (Å²) in [4.78, 5) is 17.9. The highest BCUT2D eigenvalue weighted by molar-refractivity contribution is 5.86. The molecule has 2 aromatic heterocycles. The summed E-state index contributed by atoms with van der Waals surface area (Å²) in [6.07, 6.45) is 3.02. The first-order valence-corrected chi connectivity index (χ1v) is 11.9. The monoisotopic (exact) mass is 478 g/mol. The number of hydrogen-bond acceptors (Lipinski definition) is 5. The van der Waals surface area contributed by atoms with Gasteiger partial charge in [-0.25, -0.2) is 9.78 Å². The lowest BCUT2D eigenvalue weighted by Crippen LogP contribution is -2.03. The van der Waals surface area contributed by atoms with E-state index in [-0.39, 0.29) is 5.69 Å². The molecule has 0 spiro atoms. The van der Waals surface area contributed by atoms with E-state index in [4.69, 9.17) is 9.40 Å². The molecule has 1 N–H and O–H groups in total. The zero-order chi connectivity index (χ0) is 24.9. The first-order valence-electron chi connectivity index (χ1n) is 11.9. The van der Waals surface area contributed by atoms with Crippen LogP contribution >= 0.6 is 0 Å². The van der Waals surface area contributed by atoms with Crippen LogP contribution in [-0.4, -0.2) is 31.1 Å². The molecule has 7 nitrogen and oxygen atoms in total. The molecule has 180 valence electrons. The highest BCUT2D eigenvalue weighted by atomic mass is 16.4. The Balaban J connectivity index is 1.26. The van der Waals surface area contributed by atoms with Gasteiger partial charge in [0, 0.05) is 12.0 Å². The third-order valence-corrected chi connectivity index (χ3v) is 6.03. The number of carboxylic acids is 1. The van der Waals surface area contributed by atoms with Crippen LogP contribution in [0.15, 0.2) is 89.3 Å². The first-order chi connectivity index (χ1) is 17.6. The number of aromatic nitrogens is 4. The van der Waals surface area contributed by atoms with Crippen molar-refractivity contribution in [2.45, 2.75) is 32.6 Å². The molecule has 0 fully saturated rings. The lowest BCUT2D eigenvalue weighted by atomic mass is 10.0. The van der Waals surface area contributed by atoms with Crippen molar-refractivity contribution in [1.82, 2.24) is 20.0 Å². The van der Waals surface area contributed by atoms with Crippen molar-refractivity contribution in [3.63, 3.8) is 0 Å². The maximum atomic E-state index is 11.8. The van der Waals surface area contributed by atoms with Crippen LogP contribution in [0.25, 0.3) is 17.1 Å². The molecule has 0 aliphatic heterocycles. The van der Waals surface area contributed by atoms with Crippen LogP contribution in [0.4, 0.5) is 0 Å². The molecule has 0 amide bonds. The number of nitrogens with zero attached hydrogens (tertiary/aromatic N) is 4. The van der Waals surface area contributed by atoms with Crippen molar-refractivity contribution in [3.05, 3.63) is 119 Å². The fraction of sp³-hybridized carbons (Fsp3) is 0.172. The van der Waals surface area contributed by atoms with E-state index in [1.807, 2.05) is 79.7 Å². The molecule has 0 saturated heterocycles. The minimum atomic E-state index is -1.08. The number of rotatable bonds is 9. The number of carbonyl (C=O) groups is 1. The summed E-state index contributed by atoms with van der Waals surface area (Å²) in [5, 5.41) is 18.3. The van der Waals surface area contributed by atoms with Crippen molar-refractivity contribution in [3.8, 4) is 17.1 Å². The Morgan fingerprint density at radius 2 is 1.58 bits per heavy atom. The third kappa shape index (κ3) is 5.25. The van der Waals surface area contributed by atoms with Crippen LogP contribution in [-0.2, 0) is 19.3 Å². The summed E-state index contributed by atoms with van der Waals surface area (Å²) in [5.74, 6) is 0.425. The van der Waals surface area contributed by atoms with Crippen molar-refractivity contribution < 1.29 is 14.3 Å². The lowest BCUT2D eigenvalue weighted by molar-refractivity contribution is 0.0689. The van der Waals surface area contributed by atoms with Crippen molar-refractivity contribution in [2.24, 2.45) is 0 Å². The summed E-state index contributed by atoms with van der Waals surface area (Å²) in [7, 11) is 0. The number of aryl methyl sites for hydroxylation is 3. The SMILES string of the molecule is Cc1oc(-c2ccccc2)nc1CCCc1cccc(Cc2nn(-c3ccccc3)nc2C(=O)O)c1. The molecule has 0 atom stereocenters. The van der Waals surface area contributed by atoms with Crippen LogP contribution in [0, 0.1) is 6.92 Å². The fourth-order valence-electron chi connectivity index (χ4n) is 4.21. The van der Waals surface area contributed by atoms with E-state index in [2.05, 4.69) is 22.3 Å². The van der Waals surface area contributed by atoms with Gasteiger partial charge in [-0.3, -0.25) is 0 Å². The summed E-state index contributed by atoms with van der Waals surface area (Å²) < 4.78 is 5.88. The molecule has 0 unspecified atom stereocenters. The Hall–Kier alpha value is -4.52. The molecule has 36 heavy (non-hydrogen) atoms. The van der Waals surface area contributed by atoms with Crippen molar-refractivity contribution >= 4 is 5.97 Å². The lowest BCUT2D eigenvalue weighted by Gasteiger charge is -2.05. The Bertz CT molecular complexity index is 1470. The predicted octanol–water partition coefficient (Wildman–Crippen LogP) is 5.70. The molecular weight excluding hydrogens is 452 g/mol. The topological polar surface area (TPSA) is 94.0 Å². The molecule has 0 radical (unpaired) electrons. The molecule has 3 aromatic carbocycles. The normalized spacial score (nSPS) is 11.0. The van der Waals surface area contributed by atoms with Crippen molar-refractivity contribution in [1.29, 1.82) is 0 Å². The van der Waals surface area contributed by atoms with E-state index in [0.717, 1.165) is 47.5 Å². The van der Waals surface area contributed by atoms with Gasteiger partial charge in [-0.15, -0.1) is 5.10 Å². The van der Waals surface area contributed by atoms with Gasteiger partial charge in [-0.05, 0) is 61.6 Å². The number of hydrogen-bond donors (Lipinski definition) is 1. The van der Waals surface area contributed by atoms with Crippen LogP contribution in [0.1, 0.15) is 45.2 Å². The standard InChI is InChI=1S/C29H26N4O3/c1-20-25(30-28(36-20)23-13-4-2-5-14-23)17-9-11-21-10-8-12-22(18-21)19-26-27(29(34)35)32-33(31-26)24-15-6-3-7-16-24/h2-8,10,12-16,18H,9,11,17,19H2,1H3,(H,34,35). The number of aromatic carboxylic acids is 1. The van der Waals surface area contributed by atoms with E-state index in [9.17, 15) is 9.90 Å². The van der Waals surface area contributed by atoms with E-state index < -0.39 is 5.97 Å². The summed E-state index contributed by atoms with van der Waals surface area (Å²) >= 11 is 0. The fourth-order valence-corrected chi connectivity index (χ4v) is 4.21. The van der Waals surface area contributed by atoms with Gasteiger partial charge in [0.25, 0.3) is 0 Å². The average Bonchev–Trinajstić information content (AvgIpc) is 3.49. The molecule has 0 saturated carbocycles. The highest BCUT2D eigenvalue weighted by Crippen LogP contribution is 2.23. The maximum Gasteiger partial charge on any atom is 0.358 e. The predicted molar refractivity (Wildman–Crippen MR) is 136 cm³/mol. The van der Waals surface area contributed by atoms with Gasteiger partial charge < -0.3 is 9.52 Å². The molecule has 0 bridgehead atoms. The Morgan fingerprint density at radius 1 is 0.861 bits per heavy atom. The smallest absolute Gasteiger partial charge is 0.358 e. The second-order valence-electron chi connectivity index (χ2n) is 8.66. The summed E-state index contributed by atoms with van der Waals surface area (Å²) in [6, 6.07) is 27.4. The van der Waals surface area contributed by atoms with Gasteiger partial charge in [0.15, 0.2) is 5.69 Å². The van der Waals surface area contributed by atoms with Gasteiger partial charge in [-0.2, -0.15) is 9.90 Å². The van der Waals surface area contributed by atoms with Crippen molar-refractivity contribution in [2.75, 3.05) is 0 Å². The number of para-hydroxylation sites is 1. The zero-order valence-electron chi connectivity index (χ0n) is 20.0. The van der Waals surface area contributed by atoms with Crippen LogP contribution in [0.3, 0.4) is 0 Å². The first kappa shape index (κ1) is 23.2. The molecule has 5 aromatic rings. The van der Waals surface area contributed by atoms with Gasteiger partial charge >= 0.3 is 5.97 Å². The van der Waals surface area contributed by atoms with E-state index in [1.54, 1.807) is 0 Å². The van der Waals surface area contributed by atoms with Gasteiger partial charge in [0.05, 0.1) is 11.4 Å². The molecule has 0 aliphatic carbocycles. The largest absolute Gasteiger partial charge is 0.476 e. The third-order valence-electron chi connectivity index (χ3n) is 6.03. The summed E-state index contributed by atoms with van der Waals surface area (Å²) in [6.45, 7) is 1.96. The maximum absolute atomic E-state index is 11.8. The van der Waals surface area contributed by atoms with Crippen LogP contribution < -0.4 is 0 Å². The minimum Gasteiger partial charge on any atom is -0.476 e. The van der Waals surface area contributed by atoms with E-state index in [0.29, 0.717) is 18.0 Å². The second-order valence-corrected chi connectivity index (χ2v) is 8.66. The van der Waals surface area contributed by atoms with Crippen LogP contribution in [0.5, 0.6) is 0 Å². The Kier molecular flexibility index (Phi) is 6.71. The molecule has 5 rings (SSSR count). The second kappa shape index (κ2) is 10.4. The van der Waals surface area contributed by atoms with Crippen LogP contribution in [0.2, 0.25) is 0 Å². The Labute approximate surface area is 209 Å². The zero-order valence-corrected chi connectivity index (χ0v) is 20.0.